The molecule has 0 amide bonds. The largest absolute Gasteiger partial charge is 0.494 e. The number of rotatable bonds is 17. The van der Waals surface area contributed by atoms with Crippen LogP contribution < -0.4 is 9.47 Å². The van der Waals surface area contributed by atoms with Crippen LogP contribution in [-0.2, 0) is 0 Å². The maximum absolute atomic E-state index is 15.7. The number of hydrogen-bond donors (Lipinski definition) is 0. The highest BCUT2D eigenvalue weighted by molar-refractivity contribution is 7.19. The molecule has 0 aliphatic rings. The summed E-state index contributed by atoms with van der Waals surface area (Å²) in [7, 11) is 0. The third kappa shape index (κ3) is 8.57. The first-order valence-electron chi connectivity index (χ1n) is 17.7. The van der Waals surface area contributed by atoms with Gasteiger partial charge < -0.3 is 9.47 Å². The number of aromatic nitrogens is 2. The van der Waals surface area contributed by atoms with Gasteiger partial charge in [0.05, 0.1) is 24.9 Å². The first-order chi connectivity index (χ1) is 24.1. The number of benzene rings is 4. The summed E-state index contributed by atoms with van der Waals surface area (Å²) in [5.74, 6) is 2.09. The van der Waals surface area contributed by atoms with E-state index in [0.717, 1.165) is 86.4 Å². The molecule has 0 saturated heterocycles. The van der Waals surface area contributed by atoms with E-state index >= 15 is 4.39 Å². The van der Waals surface area contributed by atoms with Crippen LogP contribution >= 0.6 is 23.1 Å². The number of hydrogen-bond acceptors (Lipinski definition) is 6. The molecule has 0 unspecified atom stereocenters. The minimum atomic E-state index is -0.286. The van der Waals surface area contributed by atoms with E-state index < -0.39 is 0 Å². The van der Waals surface area contributed by atoms with Crippen molar-refractivity contribution in [3.05, 3.63) is 96.8 Å². The van der Waals surface area contributed by atoms with Crippen molar-refractivity contribution in [3.8, 4) is 54.6 Å². The second-order valence-electron chi connectivity index (χ2n) is 12.7. The highest BCUT2D eigenvalue weighted by Gasteiger charge is 2.18. The second kappa shape index (κ2) is 17.0. The average Bonchev–Trinajstić information content (AvgIpc) is 3.83. The molecule has 0 fully saturated rings. The molecule has 4 nitrogen and oxygen atoms in total. The topological polar surface area (TPSA) is 44.2 Å². The Morgan fingerprint density at radius 2 is 1.16 bits per heavy atom. The maximum Gasteiger partial charge on any atom is 0.131 e. The van der Waals surface area contributed by atoms with Crippen LogP contribution in [0.1, 0.15) is 72.1 Å². The molecule has 2 heterocycles. The molecule has 2 aromatic heterocycles. The van der Waals surface area contributed by atoms with Crippen LogP contribution in [0.4, 0.5) is 4.39 Å². The number of nitrogens with zero attached hydrogens (tertiary/aromatic N) is 2. The Balaban J connectivity index is 1.16. The standard InChI is InChI=1S/C42H45FN2O2S2/c1-4-7-10-29(11-8-5-2)28-47-34-19-14-31(15-20-34)39-24-25-40(48-39)37-23-22-36(41-42(37)45-49-44-41)35-21-16-32(27-38(35)43)30-12-17-33(18-13-30)46-26-9-6-3/h12-25,27,29H,4-11,26,28H2,1-3H3. The third-order valence-corrected chi connectivity index (χ3v) is 10.8. The van der Waals surface area contributed by atoms with Gasteiger partial charge in [-0.1, -0.05) is 89.3 Å². The fraction of sp³-hybridized carbons (Fsp3) is 0.333. The number of ether oxygens (including phenoxy) is 2. The van der Waals surface area contributed by atoms with E-state index in [2.05, 4.69) is 65.9 Å². The average molecular weight is 693 g/mol. The van der Waals surface area contributed by atoms with Gasteiger partial charge in [-0.05, 0) is 96.5 Å². The molecule has 0 aliphatic carbocycles. The zero-order valence-corrected chi connectivity index (χ0v) is 30.3. The Morgan fingerprint density at radius 3 is 1.84 bits per heavy atom. The van der Waals surface area contributed by atoms with Gasteiger partial charge >= 0.3 is 0 Å². The smallest absolute Gasteiger partial charge is 0.131 e. The van der Waals surface area contributed by atoms with E-state index in [1.165, 1.54) is 43.4 Å². The van der Waals surface area contributed by atoms with Crippen LogP contribution in [0.15, 0.2) is 91.0 Å². The van der Waals surface area contributed by atoms with Gasteiger partial charge in [0.1, 0.15) is 28.3 Å². The van der Waals surface area contributed by atoms with Gasteiger partial charge in [-0.15, -0.1) is 11.3 Å². The van der Waals surface area contributed by atoms with Crippen molar-refractivity contribution in [1.82, 2.24) is 8.75 Å². The van der Waals surface area contributed by atoms with Crippen LogP contribution in [0, 0.1) is 11.7 Å². The lowest BCUT2D eigenvalue weighted by Crippen LogP contribution is -2.12. The van der Waals surface area contributed by atoms with Crippen LogP contribution in [0.2, 0.25) is 0 Å². The molecule has 4 aromatic carbocycles. The molecule has 0 spiro atoms. The van der Waals surface area contributed by atoms with Crippen molar-refractivity contribution >= 4 is 34.1 Å². The van der Waals surface area contributed by atoms with Crippen LogP contribution in [-0.4, -0.2) is 22.0 Å². The van der Waals surface area contributed by atoms with Crippen molar-refractivity contribution in [2.24, 2.45) is 5.92 Å². The summed E-state index contributed by atoms with van der Waals surface area (Å²) in [6, 6.07) is 30.0. The molecule has 0 radical (unpaired) electrons. The van der Waals surface area contributed by atoms with Crippen molar-refractivity contribution < 1.29 is 13.9 Å². The minimum Gasteiger partial charge on any atom is -0.494 e. The van der Waals surface area contributed by atoms with Gasteiger partial charge in [0.15, 0.2) is 0 Å². The lowest BCUT2D eigenvalue weighted by atomic mass is 9.97. The summed E-state index contributed by atoms with van der Waals surface area (Å²) < 4.78 is 37.0. The molecule has 0 N–H and O–H groups in total. The zero-order chi connectivity index (χ0) is 34.0. The van der Waals surface area contributed by atoms with Gasteiger partial charge in [0.25, 0.3) is 0 Å². The molecule has 49 heavy (non-hydrogen) atoms. The van der Waals surface area contributed by atoms with Crippen molar-refractivity contribution in [2.75, 3.05) is 13.2 Å². The molecule has 6 rings (SSSR count). The normalized spacial score (nSPS) is 11.4. The molecule has 0 aliphatic heterocycles. The zero-order valence-electron chi connectivity index (χ0n) is 28.7. The molecule has 6 aromatic rings. The summed E-state index contributed by atoms with van der Waals surface area (Å²) in [5, 5.41) is 0. The molecular weight excluding hydrogens is 648 g/mol. The summed E-state index contributed by atoms with van der Waals surface area (Å²) in [4.78, 5) is 2.28. The number of unbranched alkanes of at least 4 members (excludes halogenated alkanes) is 3. The van der Waals surface area contributed by atoms with Crippen molar-refractivity contribution in [1.29, 1.82) is 0 Å². The minimum absolute atomic E-state index is 0.286. The van der Waals surface area contributed by atoms with Gasteiger partial charge in [0, 0.05) is 26.4 Å². The van der Waals surface area contributed by atoms with Gasteiger partial charge in [0.2, 0.25) is 0 Å². The van der Waals surface area contributed by atoms with E-state index in [-0.39, 0.29) is 5.82 Å². The summed E-state index contributed by atoms with van der Waals surface area (Å²) in [6.45, 7) is 8.14. The predicted molar refractivity (Wildman–Crippen MR) is 205 cm³/mol. The van der Waals surface area contributed by atoms with E-state index in [1.807, 2.05) is 48.5 Å². The highest BCUT2D eigenvalue weighted by atomic mass is 32.1. The van der Waals surface area contributed by atoms with Gasteiger partial charge in [-0.2, -0.15) is 8.75 Å². The highest BCUT2D eigenvalue weighted by Crippen LogP contribution is 2.41. The van der Waals surface area contributed by atoms with E-state index in [1.54, 1.807) is 17.4 Å². The van der Waals surface area contributed by atoms with Crippen molar-refractivity contribution in [3.63, 3.8) is 0 Å². The maximum atomic E-state index is 15.7. The monoisotopic (exact) mass is 692 g/mol. The van der Waals surface area contributed by atoms with E-state index in [4.69, 9.17) is 9.47 Å². The van der Waals surface area contributed by atoms with Gasteiger partial charge in [-0.3, -0.25) is 0 Å². The fourth-order valence-electron chi connectivity index (χ4n) is 6.14. The fourth-order valence-corrected chi connectivity index (χ4v) is 7.75. The SMILES string of the molecule is CCCCOc1ccc(-c2ccc(-c3ccc(-c4ccc(-c5ccc(OCC(CCCC)CCCC)cc5)s4)c4nsnc34)c(F)c2)cc1. The first kappa shape index (κ1) is 34.8. The second-order valence-corrected chi connectivity index (χ2v) is 14.3. The Labute approximate surface area is 298 Å². The summed E-state index contributed by atoms with van der Waals surface area (Å²) in [5.41, 5.74) is 6.70. The van der Waals surface area contributed by atoms with E-state index in [9.17, 15) is 0 Å². The number of fused-ring (bicyclic) bond motifs is 1. The predicted octanol–water partition coefficient (Wildman–Crippen LogP) is 13.1. The Hall–Kier alpha value is -4.07. The lowest BCUT2D eigenvalue weighted by Gasteiger charge is -2.17. The quantitative estimate of drug-likeness (QED) is 0.0893. The molecule has 7 heteroatoms. The molecule has 0 atom stereocenters. The Kier molecular flexibility index (Phi) is 12.1. The first-order valence-corrected chi connectivity index (χ1v) is 19.2. The van der Waals surface area contributed by atoms with Crippen LogP contribution in [0.3, 0.4) is 0 Å². The number of halogens is 1. The molecular formula is C42H45FN2O2S2. The summed E-state index contributed by atoms with van der Waals surface area (Å²) in [6.07, 6.45) is 9.57. The number of thiophene rings is 1. The molecule has 0 saturated carbocycles. The molecule has 254 valence electrons. The van der Waals surface area contributed by atoms with Crippen molar-refractivity contribution in [2.45, 2.75) is 72.1 Å². The van der Waals surface area contributed by atoms with Crippen LogP contribution in [0.25, 0.3) is 54.2 Å². The lowest BCUT2D eigenvalue weighted by molar-refractivity contribution is 0.226. The van der Waals surface area contributed by atoms with Gasteiger partial charge in [-0.25, -0.2) is 4.39 Å². The van der Waals surface area contributed by atoms with E-state index in [0.29, 0.717) is 18.1 Å². The van der Waals surface area contributed by atoms with Crippen LogP contribution in [0.5, 0.6) is 11.5 Å². The Bertz CT molecular complexity index is 1920. The Morgan fingerprint density at radius 1 is 0.592 bits per heavy atom. The molecule has 0 bridgehead atoms. The third-order valence-electron chi connectivity index (χ3n) is 9.06. The summed E-state index contributed by atoms with van der Waals surface area (Å²) >= 11 is 2.88.